The van der Waals surface area contributed by atoms with Crippen LogP contribution in [-0.2, 0) is 20.9 Å². The van der Waals surface area contributed by atoms with Crippen LogP contribution < -0.4 is 0 Å². The SMILES string of the molecule is C[C@@H]1CO[C@@H](C)CN1S(=O)(=O)c1ccc(F)cc1C(F)(F)F. The highest BCUT2D eigenvalue weighted by Crippen LogP contribution is 2.36. The topological polar surface area (TPSA) is 46.6 Å². The van der Waals surface area contributed by atoms with E-state index in [0.717, 1.165) is 4.31 Å². The molecule has 1 aromatic carbocycles. The molecule has 0 saturated carbocycles. The first-order valence-electron chi connectivity index (χ1n) is 6.53. The molecule has 0 aromatic heterocycles. The van der Waals surface area contributed by atoms with Crippen LogP contribution in [0.3, 0.4) is 0 Å². The number of morpholine rings is 1. The predicted octanol–water partition coefficient (Wildman–Crippen LogP) is 2.64. The molecule has 1 saturated heterocycles. The van der Waals surface area contributed by atoms with E-state index in [2.05, 4.69) is 0 Å². The highest BCUT2D eigenvalue weighted by atomic mass is 32.2. The first-order valence-corrected chi connectivity index (χ1v) is 7.97. The summed E-state index contributed by atoms with van der Waals surface area (Å²) in [6.45, 7) is 3.20. The summed E-state index contributed by atoms with van der Waals surface area (Å²) in [5.41, 5.74) is -1.50. The third-order valence-electron chi connectivity index (χ3n) is 3.38. The number of halogens is 4. The maximum absolute atomic E-state index is 13.1. The fraction of sp³-hybridized carbons (Fsp3) is 0.538. The average Bonchev–Trinajstić information content (AvgIpc) is 2.40. The number of hydrogen-bond acceptors (Lipinski definition) is 3. The van der Waals surface area contributed by atoms with Gasteiger partial charge >= 0.3 is 6.18 Å². The zero-order valence-electron chi connectivity index (χ0n) is 11.9. The summed E-state index contributed by atoms with van der Waals surface area (Å²) in [6.07, 6.45) is -5.40. The lowest BCUT2D eigenvalue weighted by atomic mass is 10.2. The molecule has 2 atom stereocenters. The molecule has 4 nitrogen and oxygen atoms in total. The molecule has 0 N–H and O–H groups in total. The Morgan fingerprint density at radius 2 is 1.91 bits per heavy atom. The van der Waals surface area contributed by atoms with E-state index >= 15 is 0 Å². The van der Waals surface area contributed by atoms with E-state index in [0.29, 0.717) is 12.1 Å². The van der Waals surface area contributed by atoms with Gasteiger partial charge in [-0.1, -0.05) is 0 Å². The molecule has 0 amide bonds. The number of ether oxygens (including phenoxy) is 1. The van der Waals surface area contributed by atoms with E-state index in [1.54, 1.807) is 13.8 Å². The molecule has 1 fully saturated rings. The number of benzene rings is 1. The van der Waals surface area contributed by atoms with Crippen molar-refractivity contribution in [3.63, 3.8) is 0 Å². The van der Waals surface area contributed by atoms with Crippen molar-refractivity contribution in [2.45, 2.75) is 37.1 Å². The molecule has 1 heterocycles. The van der Waals surface area contributed by atoms with E-state index in [-0.39, 0.29) is 19.2 Å². The Bertz CT molecular complexity index is 660. The molecule has 0 spiro atoms. The van der Waals surface area contributed by atoms with Gasteiger partial charge in [0, 0.05) is 12.6 Å². The average molecular weight is 341 g/mol. The number of alkyl halides is 3. The minimum atomic E-state index is -4.97. The van der Waals surface area contributed by atoms with Crippen molar-refractivity contribution in [1.29, 1.82) is 0 Å². The van der Waals surface area contributed by atoms with Gasteiger partial charge in [-0.15, -0.1) is 0 Å². The molecule has 0 bridgehead atoms. The first-order chi connectivity index (χ1) is 10.0. The minimum Gasteiger partial charge on any atom is -0.375 e. The molecule has 124 valence electrons. The second kappa shape index (κ2) is 5.78. The van der Waals surface area contributed by atoms with Crippen LogP contribution in [0.25, 0.3) is 0 Å². The van der Waals surface area contributed by atoms with Gasteiger partial charge in [-0.3, -0.25) is 0 Å². The summed E-state index contributed by atoms with van der Waals surface area (Å²) in [7, 11) is -4.41. The Morgan fingerprint density at radius 1 is 1.27 bits per heavy atom. The van der Waals surface area contributed by atoms with Gasteiger partial charge in [-0.25, -0.2) is 12.8 Å². The summed E-state index contributed by atoms with van der Waals surface area (Å²) in [4.78, 5) is -0.942. The maximum atomic E-state index is 13.1. The van der Waals surface area contributed by atoms with Crippen molar-refractivity contribution in [2.75, 3.05) is 13.2 Å². The minimum absolute atomic E-state index is 0.0574. The lowest BCUT2D eigenvalue weighted by Gasteiger charge is -2.36. The van der Waals surface area contributed by atoms with Crippen LogP contribution in [0.15, 0.2) is 23.1 Å². The van der Waals surface area contributed by atoms with Crippen LogP contribution in [0.4, 0.5) is 17.6 Å². The monoisotopic (exact) mass is 341 g/mol. The molecule has 1 aliphatic heterocycles. The predicted molar refractivity (Wildman–Crippen MR) is 70.2 cm³/mol. The normalized spacial score (nSPS) is 24.5. The highest BCUT2D eigenvalue weighted by molar-refractivity contribution is 7.89. The van der Waals surface area contributed by atoms with E-state index in [1.807, 2.05) is 0 Å². The molecule has 22 heavy (non-hydrogen) atoms. The summed E-state index contributed by atoms with van der Waals surface area (Å²) >= 11 is 0. The van der Waals surface area contributed by atoms with Crippen LogP contribution in [0.5, 0.6) is 0 Å². The van der Waals surface area contributed by atoms with Gasteiger partial charge in [0.25, 0.3) is 0 Å². The van der Waals surface area contributed by atoms with Crippen LogP contribution >= 0.6 is 0 Å². The fourth-order valence-corrected chi connectivity index (χ4v) is 4.17. The van der Waals surface area contributed by atoms with Crippen molar-refractivity contribution in [3.8, 4) is 0 Å². The fourth-order valence-electron chi connectivity index (χ4n) is 2.28. The standard InChI is InChI=1S/C13H15F4NO3S/c1-8-7-21-9(2)6-18(8)22(19,20)12-4-3-10(14)5-11(12)13(15,16)17/h3-5,8-9H,6-7H2,1-2H3/t8-,9+/m1/s1. The van der Waals surface area contributed by atoms with Gasteiger partial charge < -0.3 is 4.74 Å². The van der Waals surface area contributed by atoms with Gasteiger partial charge in [0.2, 0.25) is 10.0 Å². The van der Waals surface area contributed by atoms with Crippen LogP contribution in [0, 0.1) is 5.82 Å². The number of nitrogens with zero attached hydrogens (tertiary/aromatic N) is 1. The highest BCUT2D eigenvalue weighted by Gasteiger charge is 2.41. The summed E-state index contributed by atoms with van der Waals surface area (Å²) in [5, 5.41) is 0. The van der Waals surface area contributed by atoms with Gasteiger partial charge in [0.1, 0.15) is 5.82 Å². The Balaban J connectivity index is 2.54. The Kier molecular flexibility index (Phi) is 4.51. The van der Waals surface area contributed by atoms with Crippen molar-refractivity contribution in [3.05, 3.63) is 29.6 Å². The number of rotatable bonds is 2. The van der Waals surface area contributed by atoms with Crippen LogP contribution in [0.1, 0.15) is 19.4 Å². The molecular formula is C13H15F4NO3S. The zero-order chi connectivity index (χ0) is 16.7. The molecule has 1 aliphatic rings. The Labute approximate surface area is 125 Å². The van der Waals surface area contributed by atoms with Gasteiger partial charge in [0.05, 0.1) is 23.2 Å². The molecule has 2 rings (SSSR count). The number of sulfonamides is 1. The third kappa shape index (κ3) is 3.26. The van der Waals surface area contributed by atoms with Crippen LogP contribution in [0.2, 0.25) is 0 Å². The summed E-state index contributed by atoms with van der Waals surface area (Å²) in [5.74, 6) is -1.14. The quantitative estimate of drug-likeness (QED) is 0.777. The smallest absolute Gasteiger partial charge is 0.375 e. The second-order valence-corrected chi connectivity index (χ2v) is 7.06. The second-order valence-electron chi connectivity index (χ2n) is 5.21. The molecule has 0 aliphatic carbocycles. The molecular weight excluding hydrogens is 326 g/mol. The van der Waals surface area contributed by atoms with E-state index < -0.39 is 44.6 Å². The molecule has 0 radical (unpaired) electrons. The van der Waals surface area contributed by atoms with E-state index in [1.165, 1.54) is 0 Å². The lowest BCUT2D eigenvalue weighted by Crippen LogP contribution is -2.50. The summed E-state index contributed by atoms with van der Waals surface area (Å²) in [6, 6.07) is 0.950. The van der Waals surface area contributed by atoms with Gasteiger partial charge in [0.15, 0.2) is 0 Å². The van der Waals surface area contributed by atoms with Gasteiger partial charge in [-0.05, 0) is 32.0 Å². The third-order valence-corrected chi connectivity index (χ3v) is 5.42. The van der Waals surface area contributed by atoms with Crippen molar-refractivity contribution < 1.29 is 30.7 Å². The van der Waals surface area contributed by atoms with Crippen molar-refractivity contribution >= 4 is 10.0 Å². The number of hydrogen-bond donors (Lipinski definition) is 0. The largest absolute Gasteiger partial charge is 0.417 e. The van der Waals surface area contributed by atoms with Crippen molar-refractivity contribution in [2.24, 2.45) is 0 Å². The Morgan fingerprint density at radius 3 is 2.50 bits per heavy atom. The zero-order valence-corrected chi connectivity index (χ0v) is 12.7. The summed E-state index contributed by atoms with van der Waals surface area (Å²) < 4.78 is 83.6. The molecule has 1 aromatic rings. The molecule has 0 unspecified atom stereocenters. The maximum Gasteiger partial charge on any atom is 0.417 e. The van der Waals surface area contributed by atoms with Crippen molar-refractivity contribution in [1.82, 2.24) is 4.31 Å². The molecule has 9 heteroatoms. The van der Waals surface area contributed by atoms with E-state index in [9.17, 15) is 26.0 Å². The Hall–Kier alpha value is -1.19. The van der Waals surface area contributed by atoms with E-state index in [4.69, 9.17) is 4.74 Å². The van der Waals surface area contributed by atoms with Crippen LogP contribution in [-0.4, -0.2) is 38.0 Å². The lowest BCUT2D eigenvalue weighted by molar-refractivity contribution is -0.140. The first kappa shape index (κ1) is 17.2. The van der Waals surface area contributed by atoms with Gasteiger partial charge in [-0.2, -0.15) is 17.5 Å².